The van der Waals surface area contributed by atoms with Crippen molar-refractivity contribution in [3.8, 4) is 0 Å². The summed E-state index contributed by atoms with van der Waals surface area (Å²) in [6.07, 6.45) is 2.04. The van der Waals surface area contributed by atoms with Crippen molar-refractivity contribution < 1.29 is 0 Å². The van der Waals surface area contributed by atoms with Crippen LogP contribution in [0.5, 0.6) is 0 Å². The minimum Gasteiger partial charge on any atom is -0.128 e. The van der Waals surface area contributed by atoms with E-state index >= 15 is 0 Å². The number of hydrogen-bond acceptors (Lipinski definition) is 1. The molecule has 2 heteroatoms. The number of hydrogen-bond donors (Lipinski definition) is 0. The van der Waals surface area contributed by atoms with Crippen LogP contribution < -0.4 is 0 Å². The van der Waals surface area contributed by atoms with E-state index in [9.17, 15) is 0 Å². The third kappa shape index (κ3) is 1.54. The van der Waals surface area contributed by atoms with Crippen molar-refractivity contribution in [3.05, 3.63) is 41.4 Å². The van der Waals surface area contributed by atoms with Crippen LogP contribution >= 0.6 is 23.4 Å². The van der Waals surface area contributed by atoms with E-state index in [2.05, 4.69) is 12.1 Å². The van der Waals surface area contributed by atoms with E-state index in [-0.39, 0.29) is 0 Å². The van der Waals surface area contributed by atoms with Crippen molar-refractivity contribution in [2.24, 2.45) is 0 Å². The Hall–Kier alpha value is -0.660. The van der Waals surface area contributed by atoms with E-state index in [1.807, 2.05) is 30.5 Å². The highest BCUT2D eigenvalue weighted by molar-refractivity contribution is 7.98. The van der Waals surface area contributed by atoms with Gasteiger partial charge in [-0.05, 0) is 23.8 Å². The Morgan fingerprint density at radius 1 is 1.31 bits per heavy atom. The molecule has 0 unspecified atom stereocenters. The van der Waals surface area contributed by atoms with Crippen LogP contribution in [0, 0.1) is 6.07 Å². The highest BCUT2D eigenvalue weighted by Gasteiger charge is 2.02. The first-order valence-corrected chi connectivity index (χ1v) is 5.56. The van der Waals surface area contributed by atoms with Crippen LogP contribution in [0.25, 0.3) is 10.8 Å². The molecule has 0 saturated heterocycles. The van der Waals surface area contributed by atoms with Gasteiger partial charge in [0.05, 0.1) is 0 Å². The Balaban J connectivity index is 2.87. The van der Waals surface area contributed by atoms with Crippen LogP contribution in [-0.4, -0.2) is 6.26 Å². The molecule has 0 aromatic heterocycles. The summed E-state index contributed by atoms with van der Waals surface area (Å²) in [7, 11) is 0. The number of benzene rings is 2. The molecule has 0 bridgehead atoms. The average molecular weight is 208 g/mol. The molecule has 0 atom stereocenters. The van der Waals surface area contributed by atoms with Gasteiger partial charge in [-0.25, -0.2) is 0 Å². The van der Waals surface area contributed by atoms with Crippen LogP contribution in [0.1, 0.15) is 0 Å². The summed E-state index contributed by atoms with van der Waals surface area (Å²) < 4.78 is 0. The fourth-order valence-corrected chi connectivity index (χ4v) is 2.31. The molecule has 0 saturated carbocycles. The lowest BCUT2D eigenvalue weighted by Crippen LogP contribution is -1.78. The maximum absolute atomic E-state index is 6.11. The van der Waals surface area contributed by atoms with Crippen LogP contribution in [0.2, 0.25) is 5.02 Å². The lowest BCUT2D eigenvalue weighted by atomic mass is 10.1. The van der Waals surface area contributed by atoms with Gasteiger partial charge in [-0.2, -0.15) is 0 Å². The summed E-state index contributed by atoms with van der Waals surface area (Å²) >= 11 is 7.78. The highest BCUT2D eigenvalue weighted by atomic mass is 35.5. The SMILES string of the molecule is CSc1[c]ccc2cccc(Cl)c12. The normalized spacial score (nSPS) is 10.6. The van der Waals surface area contributed by atoms with Gasteiger partial charge in [0.25, 0.3) is 0 Å². The molecule has 0 heterocycles. The molecule has 0 nitrogen and oxygen atoms in total. The largest absolute Gasteiger partial charge is 0.128 e. The molecular formula is C11H8ClS. The van der Waals surface area contributed by atoms with Crippen LogP contribution in [0.4, 0.5) is 0 Å². The Morgan fingerprint density at radius 2 is 2.15 bits per heavy atom. The van der Waals surface area contributed by atoms with Gasteiger partial charge in [0.15, 0.2) is 0 Å². The third-order valence-electron chi connectivity index (χ3n) is 1.95. The summed E-state index contributed by atoms with van der Waals surface area (Å²) in [4.78, 5) is 1.11. The van der Waals surface area contributed by atoms with E-state index in [0.29, 0.717) is 0 Å². The lowest BCUT2D eigenvalue weighted by molar-refractivity contribution is 1.53. The first kappa shape index (κ1) is 8.92. The average Bonchev–Trinajstić information content (AvgIpc) is 2.17. The summed E-state index contributed by atoms with van der Waals surface area (Å²) in [5.74, 6) is 0. The van der Waals surface area contributed by atoms with Gasteiger partial charge in [0, 0.05) is 15.3 Å². The molecule has 0 N–H and O–H groups in total. The van der Waals surface area contributed by atoms with Crippen LogP contribution in [-0.2, 0) is 0 Å². The zero-order chi connectivity index (χ0) is 9.26. The van der Waals surface area contributed by atoms with Crippen molar-refractivity contribution in [2.75, 3.05) is 6.26 Å². The van der Waals surface area contributed by atoms with E-state index in [1.54, 1.807) is 11.8 Å². The molecule has 65 valence electrons. The van der Waals surface area contributed by atoms with Gasteiger partial charge in [-0.3, -0.25) is 0 Å². The highest BCUT2D eigenvalue weighted by Crippen LogP contribution is 2.31. The lowest BCUT2D eigenvalue weighted by Gasteiger charge is -2.04. The second kappa shape index (κ2) is 3.60. The molecule has 2 aromatic rings. The molecule has 13 heavy (non-hydrogen) atoms. The molecule has 0 aliphatic carbocycles. The molecule has 1 radical (unpaired) electrons. The Bertz CT molecular complexity index is 432. The minimum atomic E-state index is 0.804. The molecule has 0 fully saturated rings. The first-order chi connectivity index (χ1) is 6.33. The van der Waals surface area contributed by atoms with Crippen LogP contribution in [0.3, 0.4) is 0 Å². The smallest absolute Gasteiger partial charge is 0.0495 e. The zero-order valence-electron chi connectivity index (χ0n) is 7.17. The van der Waals surface area contributed by atoms with Gasteiger partial charge in [-0.1, -0.05) is 35.9 Å². The quantitative estimate of drug-likeness (QED) is 0.637. The van der Waals surface area contributed by atoms with Gasteiger partial charge >= 0.3 is 0 Å². The predicted molar refractivity (Wildman–Crippen MR) is 59.6 cm³/mol. The fourth-order valence-electron chi connectivity index (χ4n) is 1.36. The first-order valence-electron chi connectivity index (χ1n) is 3.96. The molecule has 0 spiro atoms. The molecule has 0 aliphatic rings. The fraction of sp³-hybridized carbons (Fsp3) is 0.0909. The van der Waals surface area contributed by atoms with Crippen LogP contribution in [0.15, 0.2) is 35.2 Å². The number of rotatable bonds is 1. The number of thioether (sulfide) groups is 1. The minimum absolute atomic E-state index is 0.804. The monoisotopic (exact) mass is 207 g/mol. The summed E-state index contributed by atoms with van der Waals surface area (Å²) in [5.41, 5.74) is 0. The second-order valence-electron chi connectivity index (χ2n) is 2.71. The maximum atomic E-state index is 6.11. The molecule has 0 aliphatic heterocycles. The summed E-state index contributed by atoms with van der Waals surface area (Å²) in [6, 6.07) is 13.1. The molecule has 2 rings (SSSR count). The Labute approximate surface area is 86.9 Å². The van der Waals surface area contributed by atoms with Gasteiger partial charge in [-0.15, -0.1) is 11.8 Å². The molecular weight excluding hydrogens is 200 g/mol. The Kier molecular flexibility index (Phi) is 2.47. The second-order valence-corrected chi connectivity index (χ2v) is 3.94. The van der Waals surface area contributed by atoms with Gasteiger partial charge in [0.2, 0.25) is 0 Å². The maximum Gasteiger partial charge on any atom is 0.0495 e. The van der Waals surface area contributed by atoms with E-state index < -0.39 is 0 Å². The Morgan fingerprint density at radius 3 is 2.92 bits per heavy atom. The zero-order valence-corrected chi connectivity index (χ0v) is 8.75. The van der Waals surface area contributed by atoms with Crippen molar-refractivity contribution in [3.63, 3.8) is 0 Å². The summed E-state index contributed by atoms with van der Waals surface area (Å²) in [6.45, 7) is 0. The van der Waals surface area contributed by atoms with Crippen molar-refractivity contribution >= 4 is 34.1 Å². The summed E-state index contributed by atoms with van der Waals surface area (Å²) in [5, 5.41) is 3.09. The van der Waals surface area contributed by atoms with Crippen molar-refractivity contribution in [1.82, 2.24) is 0 Å². The molecule has 0 amide bonds. The third-order valence-corrected chi connectivity index (χ3v) is 3.00. The molecule has 2 aromatic carbocycles. The number of fused-ring (bicyclic) bond motifs is 1. The van der Waals surface area contributed by atoms with E-state index in [1.165, 1.54) is 5.39 Å². The number of halogens is 1. The van der Waals surface area contributed by atoms with Crippen molar-refractivity contribution in [1.29, 1.82) is 0 Å². The predicted octanol–water partition coefficient (Wildman–Crippen LogP) is 4.02. The van der Waals surface area contributed by atoms with E-state index in [0.717, 1.165) is 15.3 Å². The van der Waals surface area contributed by atoms with Gasteiger partial charge in [0.1, 0.15) is 0 Å². The van der Waals surface area contributed by atoms with E-state index in [4.69, 9.17) is 11.6 Å². The topological polar surface area (TPSA) is 0 Å². The van der Waals surface area contributed by atoms with Gasteiger partial charge < -0.3 is 0 Å². The standard InChI is InChI=1S/C11H8ClS/c1-13-10-7-3-5-8-4-2-6-9(12)11(8)10/h2-6H,1H3. The van der Waals surface area contributed by atoms with Crippen molar-refractivity contribution in [2.45, 2.75) is 4.90 Å².